The van der Waals surface area contributed by atoms with E-state index in [2.05, 4.69) is 20.1 Å². The van der Waals surface area contributed by atoms with E-state index in [4.69, 9.17) is 9.47 Å². The van der Waals surface area contributed by atoms with Crippen molar-refractivity contribution in [2.75, 3.05) is 51.3 Å². The van der Waals surface area contributed by atoms with Gasteiger partial charge in [0, 0.05) is 50.4 Å². The molecule has 1 N–H and O–H groups in total. The molecule has 3 atom stereocenters. The third-order valence-corrected chi connectivity index (χ3v) is 6.51. The molecule has 1 aromatic rings. The number of ether oxygens (including phenoxy) is 2. The van der Waals surface area contributed by atoms with E-state index in [0.717, 1.165) is 57.1 Å². The molecule has 0 bridgehead atoms. The van der Waals surface area contributed by atoms with Crippen molar-refractivity contribution in [2.24, 2.45) is 5.41 Å². The van der Waals surface area contributed by atoms with Crippen LogP contribution in [0.15, 0.2) is 18.3 Å². The number of anilines is 1. The molecule has 1 saturated carbocycles. The lowest BCUT2D eigenvalue weighted by Crippen LogP contribution is -2.65. The number of esters is 1. The minimum atomic E-state index is -0.110. The van der Waals surface area contributed by atoms with Crippen LogP contribution in [0, 0.1) is 5.41 Å². The zero-order chi connectivity index (χ0) is 18.9. The van der Waals surface area contributed by atoms with E-state index in [1.807, 2.05) is 25.3 Å². The summed E-state index contributed by atoms with van der Waals surface area (Å²) < 4.78 is 10.7. The molecule has 1 spiro atoms. The molecule has 148 valence electrons. The topological polar surface area (TPSA) is 66.9 Å². The van der Waals surface area contributed by atoms with E-state index in [1.165, 1.54) is 6.42 Å². The molecule has 3 aliphatic rings. The van der Waals surface area contributed by atoms with Crippen LogP contribution in [0.2, 0.25) is 0 Å². The molecular weight excluding hydrogens is 344 g/mol. The van der Waals surface area contributed by atoms with Crippen LogP contribution >= 0.6 is 0 Å². The van der Waals surface area contributed by atoms with Crippen molar-refractivity contribution in [1.29, 1.82) is 0 Å². The minimum Gasteiger partial charge on any atom is -0.493 e. The molecule has 7 heteroatoms. The molecule has 2 unspecified atom stereocenters. The van der Waals surface area contributed by atoms with Gasteiger partial charge in [0.05, 0.1) is 13.7 Å². The summed E-state index contributed by atoms with van der Waals surface area (Å²) in [5, 5.41) is 3.30. The van der Waals surface area contributed by atoms with Crippen LogP contribution in [0.25, 0.3) is 0 Å². The SMILES string of the molecule is CCOC(=O)C1NCC12CC[C@@H](N1CCN(c3ncccc3OC)CC1)C2. The number of aromatic nitrogens is 1. The maximum Gasteiger partial charge on any atom is 0.323 e. The summed E-state index contributed by atoms with van der Waals surface area (Å²) in [5.41, 5.74) is 0.109. The summed E-state index contributed by atoms with van der Waals surface area (Å²) in [5.74, 6) is 1.70. The average Bonchev–Trinajstić information content (AvgIpc) is 3.15. The summed E-state index contributed by atoms with van der Waals surface area (Å²) in [7, 11) is 1.70. The number of methoxy groups -OCH3 is 1. The van der Waals surface area contributed by atoms with Gasteiger partial charge in [-0.1, -0.05) is 0 Å². The highest BCUT2D eigenvalue weighted by atomic mass is 16.5. The largest absolute Gasteiger partial charge is 0.493 e. The van der Waals surface area contributed by atoms with Gasteiger partial charge in [-0.2, -0.15) is 0 Å². The Morgan fingerprint density at radius 1 is 1.37 bits per heavy atom. The van der Waals surface area contributed by atoms with Crippen molar-refractivity contribution >= 4 is 11.8 Å². The van der Waals surface area contributed by atoms with Crippen molar-refractivity contribution in [3.8, 4) is 5.75 Å². The minimum absolute atomic E-state index is 0.0727. The zero-order valence-electron chi connectivity index (χ0n) is 16.3. The fraction of sp³-hybridized carbons (Fsp3) is 0.700. The lowest BCUT2D eigenvalue weighted by atomic mass is 9.72. The van der Waals surface area contributed by atoms with E-state index in [1.54, 1.807) is 7.11 Å². The fourth-order valence-electron chi connectivity index (χ4n) is 4.99. The van der Waals surface area contributed by atoms with Crippen LogP contribution in [0.5, 0.6) is 5.75 Å². The average molecular weight is 374 g/mol. The Labute approximate surface area is 161 Å². The maximum absolute atomic E-state index is 12.2. The molecule has 4 rings (SSSR count). The van der Waals surface area contributed by atoms with Crippen LogP contribution < -0.4 is 15.0 Å². The van der Waals surface area contributed by atoms with Gasteiger partial charge in [-0.05, 0) is 38.3 Å². The van der Waals surface area contributed by atoms with Gasteiger partial charge in [-0.15, -0.1) is 0 Å². The Bertz CT molecular complexity index is 677. The number of piperazine rings is 1. The molecule has 3 heterocycles. The highest BCUT2D eigenvalue weighted by Gasteiger charge is 2.55. The van der Waals surface area contributed by atoms with Crippen molar-refractivity contribution in [3.05, 3.63) is 18.3 Å². The highest BCUT2D eigenvalue weighted by Crippen LogP contribution is 2.47. The lowest BCUT2D eigenvalue weighted by Gasteiger charge is -2.47. The first-order valence-corrected chi connectivity index (χ1v) is 10.0. The molecule has 1 aromatic heterocycles. The second-order valence-electron chi connectivity index (χ2n) is 7.88. The summed E-state index contributed by atoms with van der Waals surface area (Å²) >= 11 is 0. The summed E-state index contributed by atoms with van der Waals surface area (Å²) in [6.45, 7) is 7.23. The van der Waals surface area contributed by atoms with Gasteiger partial charge in [-0.25, -0.2) is 4.98 Å². The summed E-state index contributed by atoms with van der Waals surface area (Å²) in [4.78, 5) is 21.6. The number of nitrogens with one attached hydrogen (secondary N) is 1. The van der Waals surface area contributed by atoms with Crippen LogP contribution in [-0.4, -0.2) is 74.4 Å². The Hall–Kier alpha value is -1.86. The first-order valence-electron chi connectivity index (χ1n) is 10.0. The number of nitrogens with zero attached hydrogens (tertiary/aromatic N) is 3. The van der Waals surface area contributed by atoms with Gasteiger partial charge >= 0.3 is 5.97 Å². The molecular formula is C20H30N4O3. The smallest absolute Gasteiger partial charge is 0.323 e. The standard InChI is InChI=1S/C20H30N4O3/c1-3-27-19(25)17-20(14-22-17)7-6-15(13-20)23-9-11-24(12-10-23)18-16(26-2)5-4-8-21-18/h4-5,8,15,17,22H,3,6-7,9-14H2,1-2H3/t15-,17?,20?/m1/s1. The number of carbonyl (C=O) groups is 1. The predicted molar refractivity (Wildman–Crippen MR) is 103 cm³/mol. The third-order valence-electron chi connectivity index (χ3n) is 6.51. The Kier molecular flexibility index (Phi) is 5.23. The van der Waals surface area contributed by atoms with E-state index in [9.17, 15) is 4.79 Å². The van der Waals surface area contributed by atoms with Crippen molar-refractivity contribution in [2.45, 2.75) is 38.3 Å². The summed E-state index contributed by atoms with van der Waals surface area (Å²) in [6, 6.07) is 4.33. The Morgan fingerprint density at radius 3 is 2.85 bits per heavy atom. The van der Waals surface area contributed by atoms with E-state index >= 15 is 0 Å². The summed E-state index contributed by atoms with van der Waals surface area (Å²) in [6.07, 6.45) is 5.20. The quantitative estimate of drug-likeness (QED) is 0.779. The molecule has 7 nitrogen and oxygen atoms in total. The number of rotatable bonds is 5. The van der Waals surface area contributed by atoms with Gasteiger partial charge in [0.2, 0.25) is 0 Å². The second-order valence-corrected chi connectivity index (χ2v) is 7.88. The van der Waals surface area contributed by atoms with Crippen LogP contribution in [-0.2, 0) is 9.53 Å². The van der Waals surface area contributed by atoms with E-state index in [-0.39, 0.29) is 17.4 Å². The molecule has 3 fully saturated rings. The Balaban J connectivity index is 1.34. The molecule has 0 aromatic carbocycles. The van der Waals surface area contributed by atoms with Crippen molar-refractivity contribution in [3.63, 3.8) is 0 Å². The zero-order valence-corrected chi connectivity index (χ0v) is 16.3. The van der Waals surface area contributed by atoms with Gasteiger partial charge < -0.3 is 19.7 Å². The maximum atomic E-state index is 12.2. The van der Waals surface area contributed by atoms with E-state index < -0.39 is 0 Å². The lowest BCUT2D eigenvalue weighted by molar-refractivity contribution is -0.154. The Morgan fingerprint density at radius 2 is 2.19 bits per heavy atom. The molecule has 1 aliphatic carbocycles. The first-order chi connectivity index (χ1) is 13.2. The van der Waals surface area contributed by atoms with Crippen LogP contribution in [0.4, 0.5) is 5.82 Å². The van der Waals surface area contributed by atoms with Gasteiger partial charge in [0.15, 0.2) is 11.6 Å². The van der Waals surface area contributed by atoms with Gasteiger partial charge in [0.1, 0.15) is 6.04 Å². The number of hydrogen-bond acceptors (Lipinski definition) is 7. The predicted octanol–water partition coefficient (Wildman–Crippen LogP) is 1.29. The van der Waals surface area contributed by atoms with Crippen LogP contribution in [0.3, 0.4) is 0 Å². The first kappa shape index (κ1) is 18.5. The molecule has 0 radical (unpaired) electrons. The van der Waals surface area contributed by atoms with Gasteiger partial charge in [-0.3, -0.25) is 9.69 Å². The van der Waals surface area contributed by atoms with E-state index in [0.29, 0.717) is 12.6 Å². The number of pyridine rings is 1. The molecule has 27 heavy (non-hydrogen) atoms. The number of carbonyl (C=O) groups excluding carboxylic acids is 1. The molecule has 2 aliphatic heterocycles. The van der Waals surface area contributed by atoms with Crippen molar-refractivity contribution in [1.82, 2.24) is 15.2 Å². The fourth-order valence-corrected chi connectivity index (χ4v) is 4.99. The van der Waals surface area contributed by atoms with Gasteiger partial charge in [0.25, 0.3) is 0 Å². The van der Waals surface area contributed by atoms with Crippen molar-refractivity contribution < 1.29 is 14.3 Å². The number of hydrogen-bond donors (Lipinski definition) is 1. The molecule has 2 saturated heterocycles. The highest BCUT2D eigenvalue weighted by molar-refractivity contribution is 5.78. The monoisotopic (exact) mass is 374 g/mol. The second kappa shape index (κ2) is 7.64. The molecule has 0 amide bonds. The third kappa shape index (κ3) is 3.38. The normalized spacial score (nSPS) is 31.0. The van der Waals surface area contributed by atoms with Crippen LogP contribution in [0.1, 0.15) is 26.2 Å².